The summed E-state index contributed by atoms with van der Waals surface area (Å²) in [5, 5.41) is 3.01. The lowest BCUT2D eigenvalue weighted by Crippen LogP contribution is -2.30. The second-order valence-electron chi connectivity index (χ2n) is 5.77. The third-order valence-electron chi connectivity index (χ3n) is 3.91. The van der Waals surface area contributed by atoms with Crippen molar-refractivity contribution in [1.82, 2.24) is 10.2 Å². The summed E-state index contributed by atoms with van der Waals surface area (Å²) < 4.78 is 18.6. The molecule has 140 valence electrons. The summed E-state index contributed by atoms with van der Waals surface area (Å²) in [5.74, 6) is -0.462. The van der Waals surface area contributed by atoms with Crippen molar-refractivity contribution in [2.24, 2.45) is 0 Å². The number of ether oxygens (including phenoxy) is 1. The molecule has 2 aromatic carbocycles. The minimum atomic E-state index is -0.467. The molecule has 1 saturated heterocycles. The topological polar surface area (TPSA) is 58.6 Å². The number of rotatable bonds is 5. The largest absolute Gasteiger partial charge is 0.486 e. The van der Waals surface area contributed by atoms with Crippen molar-refractivity contribution < 1.29 is 18.7 Å². The van der Waals surface area contributed by atoms with Gasteiger partial charge in [-0.2, -0.15) is 0 Å². The molecule has 27 heavy (non-hydrogen) atoms. The Kier molecular flexibility index (Phi) is 5.68. The second kappa shape index (κ2) is 7.98. The standard InChI is InChI=1S/C19H15Cl2FN2O3/c1-2-24-18(25)16(23-19(24)26)9-12-7-14(20)17(15(21)8-12)27-10-11-3-5-13(22)6-4-11/h3-9H,2,10H2,1H3,(H,23,26)/b16-9+. The van der Waals surface area contributed by atoms with Crippen molar-refractivity contribution in [3.63, 3.8) is 0 Å². The highest BCUT2D eigenvalue weighted by atomic mass is 35.5. The zero-order chi connectivity index (χ0) is 19.6. The van der Waals surface area contributed by atoms with E-state index >= 15 is 0 Å². The Morgan fingerprint density at radius 3 is 2.33 bits per heavy atom. The molecule has 1 aliphatic rings. The van der Waals surface area contributed by atoms with Crippen LogP contribution < -0.4 is 10.1 Å². The van der Waals surface area contributed by atoms with Gasteiger partial charge < -0.3 is 10.1 Å². The molecule has 0 aromatic heterocycles. The maximum atomic E-state index is 12.9. The maximum absolute atomic E-state index is 12.9. The molecule has 0 spiro atoms. The summed E-state index contributed by atoms with van der Waals surface area (Å²) in [6.07, 6.45) is 1.50. The number of carbonyl (C=O) groups is 2. The van der Waals surface area contributed by atoms with Gasteiger partial charge in [0.05, 0.1) is 10.0 Å². The monoisotopic (exact) mass is 408 g/mol. The second-order valence-corrected chi connectivity index (χ2v) is 6.58. The smallest absolute Gasteiger partial charge is 0.328 e. The number of nitrogens with zero attached hydrogens (tertiary/aromatic N) is 1. The van der Waals surface area contributed by atoms with E-state index in [1.807, 2.05) is 0 Å². The first kappa shape index (κ1) is 19.2. The highest BCUT2D eigenvalue weighted by molar-refractivity contribution is 6.37. The predicted octanol–water partition coefficient (Wildman–Crippen LogP) is 4.62. The molecule has 1 N–H and O–H groups in total. The van der Waals surface area contributed by atoms with Crippen molar-refractivity contribution in [2.75, 3.05) is 6.54 Å². The Balaban J connectivity index is 1.79. The first-order valence-electron chi connectivity index (χ1n) is 8.10. The molecule has 1 heterocycles. The van der Waals surface area contributed by atoms with E-state index in [9.17, 15) is 14.0 Å². The quantitative estimate of drug-likeness (QED) is 0.579. The van der Waals surface area contributed by atoms with E-state index in [0.29, 0.717) is 5.56 Å². The Bertz CT molecular complexity index is 906. The highest BCUT2D eigenvalue weighted by Gasteiger charge is 2.32. The number of benzene rings is 2. The van der Waals surface area contributed by atoms with Gasteiger partial charge in [0.25, 0.3) is 5.91 Å². The van der Waals surface area contributed by atoms with E-state index < -0.39 is 11.9 Å². The van der Waals surface area contributed by atoms with E-state index in [4.69, 9.17) is 27.9 Å². The number of urea groups is 1. The molecule has 0 saturated carbocycles. The van der Waals surface area contributed by atoms with E-state index in [1.165, 1.54) is 18.2 Å². The minimum absolute atomic E-state index is 0.147. The van der Waals surface area contributed by atoms with Gasteiger partial charge in [-0.3, -0.25) is 9.69 Å². The number of hydrogen-bond acceptors (Lipinski definition) is 3. The average Bonchev–Trinajstić information content (AvgIpc) is 2.88. The van der Waals surface area contributed by atoms with Crippen LogP contribution in [-0.4, -0.2) is 23.4 Å². The maximum Gasteiger partial charge on any atom is 0.328 e. The van der Waals surface area contributed by atoms with Crippen LogP contribution >= 0.6 is 23.2 Å². The van der Waals surface area contributed by atoms with Gasteiger partial charge in [-0.1, -0.05) is 35.3 Å². The highest BCUT2D eigenvalue weighted by Crippen LogP contribution is 2.35. The Morgan fingerprint density at radius 1 is 1.15 bits per heavy atom. The molecule has 2 aromatic rings. The Morgan fingerprint density at radius 2 is 1.78 bits per heavy atom. The van der Waals surface area contributed by atoms with Crippen molar-refractivity contribution in [3.8, 4) is 5.75 Å². The minimum Gasteiger partial charge on any atom is -0.486 e. The van der Waals surface area contributed by atoms with Crippen LogP contribution in [0.4, 0.5) is 9.18 Å². The lowest BCUT2D eigenvalue weighted by Gasteiger charge is -2.11. The van der Waals surface area contributed by atoms with Crippen molar-refractivity contribution in [3.05, 3.63) is 69.1 Å². The summed E-state index contributed by atoms with van der Waals surface area (Å²) >= 11 is 12.5. The zero-order valence-electron chi connectivity index (χ0n) is 14.3. The lowest BCUT2D eigenvalue weighted by molar-refractivity contribution is -0.122. The third-order valence-corrected chi connectivity index (χ3v) is 4.47. The number of likely N-dealkylation sites (N-methyl/N-ethyl adjacent to an activating group) is 1. The molecule has 5 nitrogen and oxygen atoms in total. The Hall–Kier alpha value is -2.57. The average molecular weight is 409 g/mol. The first-order chi connectivity index (χ1) is 12.9. The predicted molar refractivity (Wildman–Crippen MR) is 101 cm³/mol. The molecule has 3 amide bonds. The van der Waals surface area contributed by atoms with Crippen LogP contribution in [0.1, 0.15) is 18.1 Å². The van der Waals surface area contributed by atoms with Crippen LogP contribution in [0, 0.1) is 5.82 Å². The Labute approximate surface area is 165 Å². The normalized spacial score (nSPS) is 15.4. The van der Waals surface area contributed by atoms with Crippen LogP contribution in [0.25, 0.3) is 6.08 Å². The van der Waals surface area contributed by atoms with Gasteiger partial charge in [0, 0.05) is 6.54 Å². The van der Waals surface area contributed by atoms with E-state index in [1.54, 1.807) is 31.2 Å². The number of halogens is 3. The molecule has 3 rings (SSSR count). The van der Waals surface area contributed by atoms with Gasteiger partial charge in [0.15, 0.2) is 5.75 Å². The van der Waals surface area contributed by atoms with Gasteiger partial charge in [0.2, 0.25) is 0 Å². The molecule has 8 heteroatoms. The lowest BCUT2D eigenvalue weighted by atomic mass is 10.1. The summed E-state index contributed by atoms with van der Waals surface area (Å²) in [5.41, 5.74) is 1.45. The number of carbonyl (C=O) groups excluding carboxylic acids is 2. The van der Waals surface area contributed by atoms with Gasteiger partial charge in [-0.25, -0.2) is 9.18 Å². The molecule has 0 radical (unpaired) electrons. The van der Waals surface area contributed by atoms with Crippen LogP contribution in [0.2, 0.25) is 10.0 Å². The van der Waals surface area contributed by atoms with E-state index in [0.717, 1.165) is 10.5 Å². The van der Waals surface area contributed by atoms with Crippen LogP contribution in [0.5, 0.6) is 5.75 Å². The van der Waals surface area contributed by atoms with Gasteiger partial charge >= 0.3 is 6.03 Å². The fourth-order valence-corrected chi connectivity index (χ4v) is 3.18. The van der Waals surface area contributed by atoms with Gasteiger partial charge in [0.1, 0.15) is 18.1 Å². The molecule has 1 aliphatic heterocycles. The fourth-order valence-electron chi connectivity index (χ4n) is 2.56. The molecular formula is C19H15Cl2FN2O3. The first-order valence-corrected chi connectivity index (χ1v) is 8.85. The number of imide groups is 1. The summed E-state index contributed by atoms with van der Waals surface area (Å²) in [6.45, 7) is 2.15. The molecule has 1 fully saturated rings. The number of hydrogen-bond donors (Lipinski definition) is 1. The van der Waals surface area contributed by atoms with Crippen LogP contribution in [0.3, 0.4) is 0 Å². The molecule has 0 bridgehead atoms. The van der Waals surface area contributed by atoms with Crippen molar-refractivity contribution in [2.45, 2.75) is 13.5 Å². The van der Waals surface area contributed by atoms with Crippen LogP contribution in [0.15, 0.2) is 42.1 Å². The summed E-state index contributed by atoms with van der Waals surface area (Å²) in [7, 11) is 0. The van der Waals surface area contributed by atoms with E-state index in [2.05, 4.69) is 5.32 Å². The van der Waals surface area contributed by atoms with Crippen molar-refractivity contribution >= 4 is 41.2 Å². The van der Waals surface area contributed by atoms with Gasteiger partial charge in [-0.05, 0) is 48.4 Å². The number of amides is 3. The summed E-state index contributed by atoms with van der Waals surface area (Å²) in [6, 6.07) is 8.56. The molecule has 0 aliphatic carbocycles. The third kappa shape index (κ3) is 4.23. The molecule has 0 atom stereocenters. The molecule has 0 unspecified atom stereocenters. The van der Waals surface area contributed by atoms with E-state index in [-0.39, 0.29) is 40.5 Å². The van der Waals surface area contributed by atoms with Crippen LogP contribution in [-0.2, 0) is 11.4 Å². The molecular weight excluding hydrogens is 394 g/mol. The SMILES string of the molecule is CCN1C(=O)N/C(=C/c2cc(Cl)c(OCc3ccc(F)cc3)c(Cl)c2)C1=O. The van der Waals surface area contributed by atoms with Crippen molar-refractivity contribution in [1.29, 1.82) is 0 Å². The zero-order valence-corrected chi connectivity index (χ0v) is 15.8. The fraction of sp³-hybridized carbons (Fsp3) is 0.158. The van der Waals surface area contributed by atoms with Gasteiger partial charge in [-0.15, -0.1) is 0 Å². The summed E-state index contributed by atoms with van der Waals surface area (Å²) in [4.78, 5) is 24.9. The number of nitrogens with one attached hydrogen (secondary N) is 1.